The maximum absolute atomic E-state index is 13.4. The first-order chi connectivity index (χ1) is 10.1. The van der Waals surface area contributed by atoms with Crippen molar-refractivity contribution in [1.82, 2.24) is 20.2 Å². The molecule has 0 saturated heterocycles. The molecular weight excluding hydrogens is 300 g/mol. The van der Waals surface area contributed by atoms with Crippen molar-refractivity contribution in [1.29, 1.82) is 0 Å². The minimum atomic E-state index is -0.483. The second-order valence-electron chi connectivity index (χ2n) is 4.24. The molecule has 0 atom stereocenters. The highest BCUT2D eigenvalue weighted by Gasteiger charge is 2.16. The minimum absolute atomic E-state index is 0.124. The highest BCUT2D eigenvalue weighted by atomic mass is 35.5. The summed E-state index contributed by atoms with van der Waals surface area (Å²) in [6.45, 7) is 0. The molecule has 0 unspecified atom stereocenters. The van der Waals surface area contributed by atoms with E-state index in [0.717, 1.165) is 6.07 Å². The van der Waals surface area contributed by atoms with E-state index in [1.165, 1.54) is 35.0 Å². The molecule has 5 nitrogen and oxygen atoms in total. The van der Waals surface area contributed by atoms with Crippen molar-refractivity contribution in [2.45, 2.75) is 0 Å². The minimum Gasteiger partial charge on any atom is -0.398 e. The Balaban J connectivity index is 2.19. The molecule has 0 fully saturated rings. The number of aromatic nitrogens is 4. The molecule has 0 aliphatic carbocycles. The average Bonchev–Trinajstić information content (AvgIpc) is 2.90. The van der Waals surface area contributed by atoms with Crippen molar-refractivity contribution >= 4 is 17.3 Å². The smallest absolute Gasteiger partial charge is 0.189 e. The second kappa shape index (κ2) is 5.10. The average molecular weight is 308 g/mol. The Morgan fingerprint density at radius 1 is 1.05 bits per heavy atom. The second-order valence-corrected chi connectivity index (χ2v) is 4.65. The normalized spacial score (nSPS) is 10.8. The Morgan fingerprint density at radius 2 is 1.76 bits per heavy atom. The first-order valence-corrected chi connectivity index (χ1v) is 6.23. The number of nitrogen functional groups attached to an aromatic ring is 1. The van der Waals surface area contributed by atoms with E-state index in [1.807, 2.05) is 0 Å². The van der Waals surface area contributed by atoms with E-state index in [1.54, 1.807) is 0 Å². The summed E-state index contributed by atoms with van der Waals surface area (Å²) >= 11 is 5.99. The highest BCUT2D eigenvalue weighted by Crippen LogP contribution is 2.28. The van der Waals surface area contributed by atoms with Gasteiger partial charge in [-0.3, -0.25) is 0 Å². The molecule has 3 aromatic rings. The summed E-state index contributed by atoms with van der Waals surface area (Å²) in [6, 6.07) is 7.65. The molecule has 1 heterocycles. The van der Waals surface area contributed by atoms with E-state index in [4.69, 9.17) is 17.3 Å². The van der Waals surface area contributed by atoms with Gasteiger partial charge in [-0.25, -0.2) is 8.78 Å². The molecule has 0 aliphatic rings. The zero-order valence-corrected chi connectivity index (χ0v) is 11.2. The van der Waals surface area contributed by atoms with Gasteiger partial charge in [0.05, 0.1) is 10.7 Å². The van der Waals surface area contributed by atoms with Gasteiger partial charge in [0, 0.05) is 11.3 Å². The molecule has 0 radical (unpaired) electrons. The monoisotopic (exact) mass is 307 g/mol. The Hall–Kier alpha value is -2.54. The number of rotatable bonds is 2. The molecule has 1 aromatic heterocycles. The highest BCUT2D eigenvalue weighted by molar-refractivity contribution is 6.32. The summed E-state index contributed by atoms with van der Waals surface area (Å²) in [6.07, 6.45) is 0. The molecule has 0 amide bonds. The standard InChI is InChI=1S/C13H8ClF2N5/c14-10-6-8(16)2-4-12(10)21-13(18-19-20-21)9-5-7(15)1-3-11(9)17/h1-6H,17H2. The topological polar surface area (TPSA) is 69.6 Å². The number of nitrogens with two attached hydrogens (primary N) is 1. The molecule has 2 aromatic carbocycles. The molecule has 106 valence electrons. The van der Waals surface area contributed by atoms with Crippen LogP contribution < -0.4 is 5.73 Å². The van der Waals surface area contributed by atoms with E-state index >= 15 is 0 Å². The third-order valence-electron chi connectivity index (χ3n) is 2.86. The first kappa shape index (κ1) is 13.4. The fourth-order valence-electron chi connectivity index (χ4n) is 1.89. The lowest BCUT2D eigenvalue weighted by Gasteiger charge is -2.08. The van der Waals surface area contributed by atoms with Gasteiger partial charge in [0.15, 0.2) is 5.82 Å². The van der Waals surface area contributed by atoms with Crippen LogP contribution in [0.25, 0.3) is 17.1 Å². The number of benzene rings is 2. The summed E-state index contributed by atoms with van der Waals surface area (Å²) in [7, 11) is 0. The molecule has 0 bridgehead atoms. The Labute approximate surface area is 123 Å². The molecule has 21 heavy (non-hydrogen) atoms. The van der Waals surface area contributed by atoms with Crippen molar-refractivity contribution in [3.05, 3.63) is 53.1 Å². The SMILES string of the molecule is Nc1ccc(F)cc1-c1nnnn1-c1ccc(F)cc1Cl. The Kier molecular flexibility index (Phi) is 3.26. The molecule has 3 rings (SSSR count). The number of anilines is 1. The van der Waals surface area contributed by atoms with Crippen molar-refractivity contribution < 1.29 is 8.78 Å². The third-order valence-corrected chi connectivity index (χ3v) is 3.17. The van der Waals surface area contributed by atoms with Gasteiger partial charge in [-0.05, 0) is 46.8 Å². The largest absolute Gasteiger partial charge is 0.398 e. The fraction of sp³-hybridized carbons (Fsp3) is 0. The summed E-state index contributed by atoms with van der Waals surface area (Å²) in [5, 5.41) is 11.3. The van der Waals surface area contributed by atoms with E-state index in [2.05, 4.69) is 15.5 Å². The lowest BCUT2D eigenvalue weighted by atomic mass is 10.1. The van der Waals surface area contributed by atoms with Crippen LogP contribution in [0.5, 0.6) is 0 Å². The maximum Gasteiger partial charge on any atom is 0.189 e. The van der Waals surface area contributed by atoms with Gasteiger partial charge in [-0.15, -0.1) is 5.10 Å². The number of nitrogens with zero attached hydrogens (tertiary/aromatic N) is 4. The van der Waals surface area contributed by atoms with Crippen molar-refractivity contribution in [2.75, 3.05) is 5.73 Å². The Morgan fingerprint density at radius 3 is 2.52 bits per heavy atom. The van der Waals surface area contributed by atoms with E-state index in [-0.39, 0.29) is 10.8 Å². The molecule has 0 spiro atoms. The predicted molar refractivity (Wildman–Crippen MR) is 73.9 cm³/mol. The summed E-state index contributed by atoms with van der Waals surface area (Å²) < 4.78 is 27.8. The summed E-state index contributed by atoms with van der Waals surface area (Å²) in [4.78, 5) is 0. The van der Waals surface area contributed by atoms with Crippen molar-refractivity contribution in [2.24, 2.45) is 0 Å². The molecule has 2 N–H and O–H groups in total. The first-order valence-electron chi connectivity index (χ1n) is 5.85. The lowest BCUT2D eigenvalue weighted by molar-refractivity contribution is 0.627. The van der Waals surface area contributed by atoms with Crippen LogP contribution >= 0.6 is 11.6 Å². The van der Waals surface area contributed by atoms with Crippen LogP contribution in [0.4, 0.5) is 14.5 Å². The number of halogens is 3. The van der Waals surface area contributed by atoms with Gasteiger partial charge >= 0.3 is 0 Å². The van der Waals surface area contributed by atoms with E-state index in [9.17, 15) is 8.78 Å². The van der Waals surface area contributed by atoms with Crippen molar-refractivity contribution in [3.63, 3.8) is 0 Å². The fourth-order valence-corrected chi connectivity index (χ4v) is 2.14. The predicted octanol–water partition coefficient (Wildman–Crippen LogP) is 2.84. The molecule has 0 saturated carbocycles. The Bertz CT molecular complexity index is 818. The van der Waals surface area contributed by atoms with Gasteiger partial charge in [0.1, 0.15) is 11.6 Å². The molecule has 0 aliphatic heterocycles. The van der Waals surface area contributed by atoms with Gasteiger partial charge < -0.3 is 5.73 Å². The number of tetrazole rings is 1. The summed E-state index contributed by atoms with van der Waals surface area (Å²) in [5.74, 6) is -0.747. The number of hydrogen-bond donors (Lipinski definition) is 1. The maximum atomic E-state index is 13.4. The van der Waals surface area contributed by atoms with Gasteiger partial charge in [-0.2, -0.15) is 4.68 Å². The molecular formula is C13H8ClF2N5. The van der Waals surface area contributed by atoms with E-state index < -0.39 is 11.6 Å². The number of hydrogen-bond acceptors (Lipinski definition) is 4. The van der Waals surface area contributed by atoms with Gasteiger partial charge in [-0.1, -0.05) is 11.6 Å². The van der Waals surface area contributed by atoms with Gasteiger partial charge in [0.25, 0.3) is 0 Å². The van der Waals surface area contributed by atoms with Crippen molar-refractivity contribution in [3.8, 4) is 17.1 Å². The van der Waals surface area contributed by atoms with Crippen LogP contribution in [0.3, 0.4) is 0 Å². The lowest BCUT2D eigenvalue weighted by Crippen LogP contribution is -2.03. The van der Waals surface area contributed by atoms with Gasteiger partial charge in [0.2, 0.25) is 0 Å². The van der Waals surface area contributed by atoms with Crippen LogP contribution in [0.1, 0.15) is 0 Å². The zero-order valence-electron chi connectivity index (χ0n) is 10.5. The third kappa shape index (κ3) is 2.43. The van der Waals surface area contributed by atoms with Crippen LogP contribution in [-0.4, -0.2) is 20.2 Å². The van der Waals surface area contributed by atoms with E-state index in [0.29, 0.717) is 16.9 Å². The van der Waals surface area contributed by atoms with Crippen LogP contribution in [0, 0.1) is 11.6 Å². The van der Waals surface area contributed by atoms with Crippen LogP contribution in [0.15, 0.2) is 36.4 Å². The van der Waals surface area contributed by atoms with Crippen LogP contribution in [-0.2, 0) is 0 Å². The molecule has 8 heteroatoms. The quantitative estimate of drug-likeness (QED) is 0.739. The van der Waals surface area contributed by atoms with Crippen LogP contribution in [0.2, 0.25) is 5.02 Å². The summed E-state index contributed by atoms with van der Waals surface area (Å²) in [5.41, 5.74) is 6.81. The zero-order chi connectivity index (χ0) is 15.0.